The van der Waals surface area contributed by atoms with Gasteiger partial charge in [-0.05, 0) is 30.4 Å². The van der Waals surface area contributed by atoms with Crippen LogP contribution in [-0.2, 0) is 0 Å². The maximum absolute atomic E-state index is 12.6. The molecule has 0 fully saturated rings. The zero-order valence-corrected chi connectivity index (χ0v) is 12.7. The van der Waals surface area contributed by atoms with Gasteiger partial charge in [-0.25, -0.2) is 0 Å². The second-order valence-electron chi connectivity index (χ2n) is 5.11. The van der Waals surface area contributed by atoms with E-state index in [1.807, 2.05) is 12.1 Å². The molecule has 0 aromatic heterocycles. The van der Waals surface area contributed by atoms with Crippen LogP contribution in [0.2, 0.25) is 0 Å². The molecule has 0 spiro atoms. The number of thioether (sulfide) groups is 1. The molecule has 0 bridgehead atoms. The number of benzene rings is 2. The Balaban J connectivity index is 1.99. The number of hydrogen-bond donors (Lipinski definition) is 0. The molecule has 0 saturated carbocycles. The van der Waals surface area contributed by atoms with Crippen molar-refractivity contribution in [2.45, 2.75) is 24.7 Å². The Bertz CT molecular complexity index is 719. The van der Waals surface area contributed by atoms with E-state index < -0.39 is 0 Å². The van der Waals surface area contributed by atoms with E-state index >= 15 is 0 Å². The predicted octanol–water partition coefficient (Wildman–Crippen LogP) is 4.35. The Morgan fingerprint density at radius 1 is 0.857 bits per heavy atom. The Kier molecular flexibility index (Phi) is 3.93. The van der Waals surface area contributed by atoms with E-state index in [1.165, 1.54) is 0 Å². The Hall–Kier alpha value is -1.87. The van der Waals surface area contributed by atoms with Crippen LogP contribution in [-0.4, -0.2) is 17.3 Å². The van der Waals surface area contributed by atoms with Gasteiger partial charge in [0.1, 0.15) is 0 Å². The smallest absolute Gasteiger partial charge is 0.194 e. The van der Waals surface area contributed by atoms with Crippen molar-refractivity contribution in [3.8, 4) is 0 Å². The molecule has 1 aliphatic rings. The average Bonchev–Trinajstić information content (AvgIpc) is 2.53. The predicted molar refractivity (Wildman–Crippen MR) is 85.4 cm³/mol. The summed E-state index contributed by atoms with van der Waals surface area (Å²) in [4.78, 5) is 26.1. The van der Waals surface area contributed by atoms with Gasteiger partial charge in [0.15, 0.2) is 11.6 Å². The molecule has 1 aliphatic carbocycles. The maximum atomic E-state index is 12.6. The molecular formula is C18H16O2S. The van der Waals surface area contributed by atoms with Crippen LogP contribution >= 0.6 is 11.8 Å². The second kappa shape index (κ2) is 5.86. The summed E-state index contributed by atoms with van der Waals surface area (Å²) < 4.78 is 0. The minimum Gasteiger partial charge on any atom is -0.289 e. The number of carbonyl (C=O) groups excluding carboxylic acids is 2. The number of fused-ring (bicyclic) bond motifs is 2. The van der Waals surface area contributed by atoms with E-state index in [9.17, 15) is 9.59 Å². The van der Waals surface area contributed by atoms with Crippen LogP contribution in [0.1, 0.15) is 51.6 Å². The lowest BCUT2D eigenvalue weighted by Gasteiger charge is -2.17. The van der Waals surface area contributed by atoms with Crippen molar-refractivity contribution >= 4 is 23.3 Å². The van der Waals surface area contributed by atoms with Gasteiger partial charge in [0.2, 0.25) is 0 Å². The summed E-state index contributed by atoms with van der Waals surface area (Å²) in [5.74, 6) is 0.942. The zero-order chi connectivity index (χ0) is 14.8. The third-order valence-electron chi connectivity index (χ3n) is 3.66. The van der Waals surface area contributed by atoms with E-state index in [1.54, 1.807) is 42.1 Å². The van der Waals surface area contributed by atoms with Crippen LogP contribution in [0.4, 0.5) is 0 Å². The molecule has 0 heterocycles. The summed E-state index contributed by atoms with van der Waals surface area (Å²) in [6.45, 7) is 2.16. The molecule has 106 valence electrons. The van der Waals surface area contributed by atoms with Crippen LogP contribution in [0.5, 0.6) is 0 Å². The second-order valence-corrected chi connectivity index (χ2v) is 6.28. The number of ketones is 2. The fourth-order valence-corrected chi connectivity index (χ4v) is 3.54. The van der Waals surface area contributed by atoms with Crippen LogP contribution in [0, 0.1) is 0 Å². The van der Waals surface area contributed by atoms with Gasteiger partial charge >= 0.3 is 0 Å². The molecule has 21 heavy (non-hydrogen) atoms. The first-order valence-corrected chi connectivity index (χ1v) is 8.16. The van der Waals surface area contributed by atoms with Crippen LogP contribution in [0.15, 0.2) is 47.4 Å². The monoisotopic (exact) mass is 296 g/mol. The molecular weight excluding hydrogens is 280 g/mol. The number of rotatable bonds is 4. The Labute approximate surface area is 128 Å². The van der Waals surface area contributed by atoms with E-state index in [4.69, 9.17) is 0 Å². The molecule has 3 rings (SSSR count). The van der Waals surface area contributed by atoms with Gasteiger partial charge in [-0.15, -0.1) is 11.8 Å². The highest BCUT2D eigenvalue weighted by Gasteiger charge is 2.29. The van der Waals surface area contributed by atoms with Crippen molar-refractivity contribution in [1.82, 2.24) is 0 Å². The number of unbranched alkanes of at least 4 members (excludes halogenated alkanes) is 1. The molecule has 0 atom stereocenters. The lowest BCUT2D eigenvalue weighted by molar-refractivity contribution is 0.0979. The van der Waals surface area contributed by atoms with Gasteiger partial charge in [0, 0.05) is 27.1 Å². The Morgan fingerprint density at radius 3 is 2.14 bits per heavy atom. The SMILES string of the molecule is CCCCSc1ccc2c(c1)C(=O)c1ccccc1C2=O. The van der Waals surface area contributed by atoms with E-state index in [0.29, 0.717) is 22.3 Å². The first-order valence-electron chi connectivity index (χ1n) is 7.17. The summed E-state index contributed by atoms with van der Waals surface area (Å²) in [7, 11) is 0. The zero-order valence-electron chi connectivity index (χ0n) is 11.9. The highest BCUT2D eigenvalue weighted by atomic mass is 32.2. The van der Waals surface area contributed by atoms with Crippen LogP contribution in [0.25, 0.3) is 0 Å². The van der Waals surface area contributed by atoms with Crippen molar-refractivity contribution in [1.29, 1.82) is 0 Å². The average molecular weight is 296 g/mol. The van der Waals surface area contributed by atoms with Gasteiger partial charge in [0.05, 0.1) is 0 Å². The van der Waals surface area contributed by atoms with Crippen molar-refractivity contribution in [3.05, 3.63) is 64.7 Å². The van der Waals surface area contributed by atoms with Crippen molar-refractivity contribution in [2.24, 2.45) is 0 Å². The molecule has 2 nitrogen and oxygen atoms in total. The normalized spacial score (nSPS) is 13.0. The van der Waals surface area contributed by atoms with Gasteiger partial charge < -0.3 is 0 Å². The summed E-state index contributed by atoms with van der Waals surface area (Å²) in [6, 6.07) is 12.7. The van der Waals surface area contributed by atoms with Crippen LogP contribution in [0.3, 0.4) is 0 Å². The first kappa shape index (κ1) is 14.1. The van der Waals surface area contributed by atoms with Crippen molar-refractivity contribution < 1.29 is 9.59 Å². The summed E-state index contributed by atoms with van der Waals surface area (Å²) in [5, 5.41) is 0. The molecule has 0 N–H and O–H groups in total. The third kappa shape index (κ3) is 2.54. The minimum absolute atomic E-state index is 0.0434. The summed E-state index contributed by atoms with van der Waals surface area (Å²) >= 11 is 1.74. The topological polar surface area (TPSA) is 34.1 Å². The van der Waals surface area contributed by atoms with Gasteiger partial charge in [-0.3, -0.25) is 9.59 Å². The molecule has 2 aromatic carbocycles. The van der Waals surface area contributed by atoms with E-state index in [2.05, 4.69) is 6.92 Å². The Morgan fingerprint density at radius 2 is 1.48 bits per heavy atom. The molecule has 0 radical (unpaired) electrons. The molecule has 0 amide bonds. The molecule has 0 unspecified atom stereocenters. The van der Waals surface area contributed by atoms with Gasteiger partial charge in [-0.1, -0.05) is 37.6 Å². The van der Waals surface area contributed by atoms with Gasteiger partial charge in [-0.2, -0.15) is 0 Å². The lowest BCUT2D eigenvalue weighted by atomic mass is 9.84. The van der Waals surface area contributed by atoms with E-state index in [0.717, 1.165) is 23.5 Å². The number of hydrogen-bond acceptors (Lipinski definition) is 3. The maximum Gasteiger partial charge on any atom is 0.194 e. The number of carbonyl (C=O) groups is 2. The van der Waals surface area contributed by atoms with Crippen LogP contribution < -0.4 is 0 Å². The molecule has 0 aliphatic heterocycles. The highest BCUT2D eigenvalue weighted by molar-refractivity contribution is 7.99. The quantitative estimate of drug-likeness (QED) is 0.530. The summed E-state index contributed by atoms with van der Waals surface area (Å²) in [6.07, 6.45) is 2.31. The fourth-order valence-electron chi connectivity index (χ4n) is 2.50. The largest absolute Gasteiger partial charge is 0.289 e. The standard InChI is InChI=1S/C18H16O2S/c1-2-3-10-21-12-8-9-15-16(11-12)18(20)14-7-5-4-6-13(14)17(15)19/h4-9,11H,2-3,10H2,1H3. The fraction of sp³-hybridized carbons (Fsp3) is 0.222. The van der Waals surface area contributed by atoms with Crippen molar-refractivity contribution in [2.75, 3.05) is 5.75 Å². The van der Waals surface area contributed by atoms with Crippen molar-refractivity contribution in [3.63, 3.8) is 0 Å². The summed E-state index contributed by atoms with van der Waals surface area (Å²) in [5.41, 5.74) is 2.10. The first-order chi connectivity index (χ1) is 10.2. The van der Waals surface area contributed by atoms with Gasteiger partial charge in [0.25, 0.3) is 0 Å². The lowest BCUT2D eigenvalue weighted by Crippen LogP contribution is -2.20. The highest BCUT2D eigenvalue weighted by Crippen LogP contribution is 2.30. The molecule has 0 saturated heterocycles. The van der Waals surface area contributed by atoms with E-state index in [-0.39, 0.29) is 11.6 Å². The molecule has 2 aromatic rings. The third-order valence-corrected chi connectivity index (χ3v) is 4.74. The minimum atomic E-state index is -0.0506. The molecule has 3 heteroatoms.